The zero-order valence-corrected chi connectivity index (χ0v) is 15.1. The molecule has 1 aliphatic rings. The molecule has 3 rings (SSSR count). The van der Waals surface area contributed by atoms with E-state index in [9.17, 15) is 22.8 Å². The third-order valence-electron chi connectivity index (χ3n) is 4.29. The normalized spacial score (nSPS) is 17.4. The molecular formula is C18H18F3N3O2S. The van der Waals surface area contributed by atoms with Crippen LogP contribution < -0.4 is 10.6 Å². The molecule has 2 aromatic rings. The maximum Gasteiger partial charge on any atom is 0.416 e. The van der Waals surface area contributed by atoms with Gasteiger partial charge in [-0.1, -0.05) is 6.07 Å². The van der Waals surface area contributed by atoms with Crippen molar-refractivity contribution in [1.82, 2.24) is 4.90 Å². The Labute approximate surface area is 158 Å². The summed E-state index contributed by atoms with van der Waals surface area (Å²) in [6.45, 7) is 0.756. The number of hydrogen-bond acceptors (Lipinski definition) is 3. The summed E-state index contributed by atoms with van der Waals surface area (Å²) in [5.74, 6) is -0.856. The highest BCUT2D eigenvalue weighted by molar-refractivity contribution is 7.14. The number of anilines is 2. The molecule has 0 unspecified atom stereocenters. The lowest BCUT2D eigenvalue weighted by atomic mass is 9.97. The van der Waals surface area contributed by atoms with Gasteiger partial charge in [-0.05, 0) is 48.6 Å². The van der Waals surface area contributed by atoms with Gasteiger partial charge in [0.25, 0.3) is 0 Å². The van der Waals surface area contributed by atoms with Crippen LogP contribution >= 0.6 is 11.3 Å². The molecule has 144 valence electrons. The fourth-order valence-electron chi connectivity index (χ4n) is 2.93. The average Bonchev–Trinajstić information content (AvgIpc) is 3.14. The van der Waals surface area contributed by atoms with Crippen molar-refractivity contribution < 1.29 is 22.8 Å². The van der Waals surface area contributed by atoms with Crippen LogP contribution in [0.4, 0.5) is 28.7 Å². The molecule has 0 spiro atoms. The van der Waals surface area contributed by atoms with Gasteiger partial charge in [0.2, 0.25) is 5.91 Å². The zero-order chi connectivity index (χ0) is 19.4. The van der Waals surface area contributed by atoms with Crippen LogP contribution in [-0.2, 0) is 11.0 Å². The van der Waals surface area contributed by atoms with Gasteiger partial charge in [0.1, 0.15) is 0 Å². The Balaban J connectivity index is 1.61. The minimum absolute atomic E-state index is 0.0926. The summed E-state index contributed by atoms with van der Waals surface area (Å²) in [7, 11) is 0. The van der Waals surface area contributed by atoms with Crippen molar-refractivity contribution in [3.8, 4) is 0 Å². The standard InChI is InChI=1S/C18H18F3N3O2S/c19-18(20,21)13-5-1-6-14(10-13)22-16(25)12-4-2-8-24(11-12)17(26)23-15-7-3-9-27-15/h1,3,5-7,9-10,12H,2,4,8,11H2,(H,22,25)(H,23,26)/t12-/m0/s1. The zero-order valence-electron chi connectivity index (χ0n) is 14.3. The summed E-state index contributed by atoms with van der Waals surface area (Å²) < 4.78 is 38.4. The predicted octanol–water partition coefficient (Wildman–Crippen LogP) is 4.65. The SMILES string of the molecule is O=C(Nc1cccc(C(F)(F)F)c1)[C@H]1CCCN(C(=O)Nc2cccs2)C1. The van der Waals surface area contributed by atoms with E-state index in [0.29, 0.717) is 19.4 Å². The number of nitrogens with zero attached hydrogens (tertiary/aromatic N) is 1. The summed E-state index contributed by atoms with van der Waals surface area (Å²) in [6, 6.07) is 7.84. The van der Waals surface area contributed by atoms with Crippen molar-refractivity contribution in [2.75, 3.05) is 23.7 Å². The van der Waals surface area contributed by atoms with Gasteiger partial charge in [-0.2, -0.15) is 13.2 Å². The number of benzene rings is 1. The van der Waals surface area contributed by atoms with Crippen LogP contribution in [0.2, 0.25) is 0 Å². The molecule has 1 aromatic heterocycles. The van der Waals surface area contributed by atoms with Crippen molar-refractivity contribution >= 4 is 34.0 Å². The van der Waals surface area contributed by atoms with Gasteiger partial charge in [-0.15, -0.1) is 11.3 Å². The number of piperidine rings is 1. The smallest absolute Gasteiger partial charge is 0.326 e. The quantitative estimate of drug-likeness (QED) is 0.792. The third kappa shape index (κ3) is 5.00. The molecule has 2 N–H and O–H groups in total. The van der Waals surface area contributed by atoms with Crippen LogP contribution in [0.25, 0.3) is 0 Å². The molecule has 1 aliphatic heterocycles. The molecule has 0 radical (unpaired) electrons. The lowest BCUT2D eigenvalue weighted by molar-refractivity contribution is -0.137. The van der Waals surface area contributed by atoms with Crippen LogP contribution in [0.1, 0.15) is 18.4 Å². The van der Waals surface area contributed by atoms with E-state index in [2.05, 4.69) is 10.6 Å². The molecular weight excluding hydrogens is 379 g/mol. The summed E-state index contributed by atoms with van der Waals surface area (Å²) >= 11 is 1.40. The number of hydrogen-bond donors (Lipinski definition) is 2. The maximum atomic E-state index is 12.8. The highest BCUT2D eigenvalue weighted by Crippen LogP contribution is 2.31. The first-order valence-electron chi connectivity index (χ1n) is 8.40. The topological polar surface area (TPSA) is 61.4 Å². The Morgan fingerprint density at radius 3 is 2.67 bits per heavy atom. The summed E-state index contributed by atoms with van der Waals surface area (Å²) in [5, 5.41) is 7.87. The first kappa shape index (κ1) is 19.2. The second-order valence-corrected chi connectivity index (χ2v) is 7.21. The number of nitrogens with one attached hydrogen (secondary N) is 2. The first-order valence-corrected chi connectivity index (χ1v) is 9.28. The van der Waals surface area contributed by atoms with E-state index >= 15 is 0 Å². The summed E-state index contributed by atoms with van der Waals surface area (Å²) in [4.78, 5) is 26.3. The Hall–Kier alpha value is -2.55. The molecule has 3 amide bonds. The van der Waals surface area contributed by atoms with Crippen molar-refractivity contribution in [2.24, 2.45) is 5.92 Å². The minimum Gasteiger partial charge on any atom is -0.326 e. The second kappa shape index (κ2) is 7.99. The van der Waals surface area contributed by atoms with Gasteiger partial charge in [-0.25, -0.2) is 4.79 Å². The van der Waals surface area contributed by atoms with E-state index in [1.165, 1.54) is 23.5 Å². The van der Waals surface area contributed by atoms with E-state index in [1.54, 1.807) is 11.0 Å². The molecule has 9 heteroatoms. The van der Waals surface area contributed by atoms with Crippen molar-refractivity contribution in [3.63, 3.8) is 0 Å². The van der Waals surface area contributed by atoms with Gasteiger partial charge in [0, 0.05) is 18.8 Å². The number of carbonyl (C=O) groups is 2. The van der Waals surface area contributed by atoms with E-state index < -0.39 is 17.7 Å². The van der Waals surface area contributed by atoms with Crippen LogP contribution in [0, 0.1) is 5.92 Å². The minimum atomic E-state index is -4.47. The summed E-state index contributed by atoms with van der Waals surface area (Å²) in [6.07, 6.45) is -3.24. The number of halogens is 3. The first-order chi connectivity index (χ1) is 12.8. The van der Waals surface area contributed by atoms with E-state index in [-0.39, 0.29) is 24.2 Å². The molecule has 0 aliphatic carbocycles. The Kier molecular flexibility index (Phi) is 5.69. The van der Waals surface area contributed by atoms with E-state index in [1.807, 2.05) is 11.4 Å². The molecule has 1 saturated heterocycles. The number of rotatable bonds is 3. The Bertz CT molecular complexity index is 808. The average molecular weight is 397 g/mol. The van der Waals surface area contributed by atoms with Crippen molar-refractivity contribution in [3.05, 3.63) is 47.3 Å². The van der Waals surface area contributed by atoms with Gasteiger partial charge in [-0.3, -0.25) is 10.1 Å². The number of alkyl halides is 3. The fourth-order valence-corrected chi connectivity index (χ4v) is 3.53. The molecule has 1 fully saturated rings. The van der Waals surface area contributed by atoms with Gasteiger partial charge in [0.05, 0.1) is 16.5 Å². The Morgan fingerprint density at radius 2 is 1.96 bits per heavy atom. The maximum absolute atomic E-state index is 12.8. The molecule has 1 atom stereocenters. The molecule has 0 bridgehead atoms. The Morgan fingerprint density at radius 1 is 1.15 bits per heavy atom. The third-order valence-corrected chi connectivity index (χ3v) is 5.07. The molecule has 1 aromatic carbocycles. The van der Waals surface area contributed by atoms with Crippen LogP contribution in [0.15, 0.2) is 41.8 Å². The van der Waals surface area contributed by atoms with E-state index in [0.717, 1.165) is 17.1 Å². The highest BCUT2D eigenvalue weighted by Gasteiger charge is 2.31. The molecule has 5 nitrogen and oxygen atoms in total. The number of thiophene rings is 1. The second-order valence-electron chi connectivity index (χ2n) is 6.26. The van der Waals surface area contributed by atoms with Crippen LogP contribution in [0.5, 0.6) is 0 Å². The van der Waals surface area contributed by atoms with Gasteiger partial charge in [0.15, 0.2) is 0 Å². The van der Waals surface area contributed by atoms with E-state index in [4.69, 9.17) is 0 Å². The van der Waals surface area contributed by atoms with Crippen LogP contribution in [0.3, 0.4) is 0 Å². The number of urea groups is 1. The van der Waals surface area contributed by atoms with Gasteiger partial charge >= 0.3 is 12.2 Å². The monoisotopic (exact) mass is 397 g/mol. The lowest BCUT2D eigenvalue weighted by Crippen LogP contribution is -2.45. The number of likely N-dealkylation sites (tertiary alicyclic amines) is 1. The fraction of sp³-hybridized carbons (Fsp3) is 0.333. The van der Waals surface area contributed by atoms with Crippen LogP contribution in [-0.4, -0.2) is 29.9 Å². The molecule has 0 saturated carbocycles. The van der Waals surface area contributed by atoms with Gasteiger partial charge < -0.3 is 10.2 Å². The van der Waals surface area contributed by atoms with Crippen molar-refractivity contribution in [1.29, 1.82) is 0 Å². The summed E-state index contributed by atoms with van der Waals surface area (Å²) in [5.41, 5.74) is -0.726. The van der Waals surface area contributed by atoms with Crippen molar-refractivity contribution in [2.45, 2.75) is 19.0 Å². The number of carbonyl (C=O) groups excluding carboxylic acids is 2. The number of amides is 3. The lowest BCUT2D eigenvalue weighted by Gasteiger charge is -2.32. The predicted molar refractivity (Wildman–Crippen MR) is 97.7 cm³/mol. The molecule has 2 heterocycles. The molecule has 27 heavy (non-hydrogen) atoms. The largest absolute Gasteiger partial charge is 0.416 e. The highest BCUT2D eigenvalue weighted by atomic mass is 32.1.